The first-order chi connectivity index (χ1) is 14.0. The summed E-state index contributed by atoms with van der Waals surface area (Å²) in [6, 6.07) is 12.9. The number of amides is 1. The van der Waals surface area contributed by atoms with E-state index in [1.54, 1.807) is 12.1 Å². The maximum absolute atomic E-state index is 12.8. The molecule has 1 aromatic heterocycles. The van der Waals surface area contributed by atoms with Crippen LogP contribution in [0.2, 0.25) is 5.02 Å². The number of fused-ring (bicyclic) bond motifs is 1. The molecule has 1 aliphatic heterocycles. The van der Waals surface area contributed by atoms with Crippen molar-refractivity contribution in [2.45, 2.75) is 32.2 Å². The van der Waals surface area contributed by atoms with Gasteiger partial charge in [0.05, 0.1) is 9.95 Å². The molecule has 0 radical (unpaired) electrons. The largest absolute Gasteiger partial charge is 0.369 e. The van der Waals surface area contributed by atoms with E-state index in [0.717, 1.165) is 23.6 Å². The summed E-state index contributed by atoms with van der Waals surface area (Å²) in [4.78, 5) is 26.2. The molecule has 1 N–H and O–H groups in total. The van der Waals surface area contributed by atoms with Crippen molar-refractivity contribution in [1.82, 2.24) is 0 Å². The molecule has 150 valence electrons. The van der Waals surface area contributed by atoms with E-state index in [9.17, 15) is 14.9 Å². The second kappa shape index (κ2) is 8.00. The van der Waals surface area contributed by atoms with Crippen LogP contribution in [0.15, 0.2) is 42.5 Å². The molecule has 0 unspecified atom stereocenters. The van der Waals surface area contributed by atoms with E-state index in [1.165, 1.54) is 25.3 Å². The van der Waals surface area contributed by atoms with Gasteiger partial charge in [-0.3, -0.25) is 14.9 Å². The number of non-ortho nitro benzene ring substituents is 1. The van der Waals surface area contributed by atoms with Crippen molar-refractivity contribution < 1.29 is 9.72 Å². The minimum Gasteiger partial charge on any atom is -0.369 e. The zero-order valence-corrected chi connectivity index (χ0v) is 17.4. The number of anilines is 2. The fraction of sp³-hybridized carbons (Fsp3) is 0.286. The van der Waals surface area contributed by atoms with Gasteiger partial charge in [0.1, 0.15) is 9.58 Å². The van der Waals surface area contributed by atoms with Gasteiger partial charge in [0, 0.05) is 35.4 Å². The van der Waals surface area contributed by atoms with Gasteiger partial charge in [-0.2, -0.15) is 0 Å². The highest BCUT2D eigenvalue weighted by Crippen LogP contribution is 2.40. The van der Waals surface area contributed by atoms with Gasteiger partial charge in [-0.1, -0.05) is 23.7 Å². The summed E-state index contributed by atoms with van der Waals surface area (Å²) in [6.45, 7) is 3.28. The van der Waals surface area contributed by atoms with E-state index in [2.05, 4.69) is 17.1 Å². The molecule has 0 saturated carbocycles. The van der Waals surface area contributed by atoms with Crippen LogP contribution in [0, 0.1) is 10.1 Å². The van der Waals surface area contributed by atoms with Gasteiger partial charge in [0.25, 0.3) is 11.6 Å². The molecule has 1 amide bonds. The zero-order chi connectivity index (χ0) is 20.5. The Labute approximate surface area is 177 Å². The highest BCUT2D eigenvalue weighted by atomic mass is 35.5. The fourth-order valence-corrected chi connectivity index (χ4v) is 5.26. The predicted octanol–water partition coefficient (Wildman–Crippen LogP) is 6.09. The van der Waals surface area contributed by atoms with E-state index in [4.69, 9.17) is 11.6 Å². The van der Waals surface area contributed by atoms with Crippen LogP contribution in [0.1, 0.15) is 35.9 Å². The lowest BCUT2D eigenvalue weighted by Gasteiger charge is -2.35. The van der Waals surface area contributed by atoms with Crippen LogP contribution in [0.5, 0.6) is 0 Å². The summed E-state index contributed by atoms with van der Waals surface area (Å²) in [5.74, 6) is -0.371. The van der Waals surface area contributed by atoms with Gasteiger partial charge in [-0.25, -0.2) is 0 Å². The first-order valence-corrected chi connectivity index (χ1v) is 10.7. The normalized spacial score (nSPS) is 16.8. The molecule has 0 bridgehead atoms. The summed E-state index contributed by atoms with van der Waals surface area (Å²) >= 11 is 7.40. The molecule has 4 rings (SSSR count). The number of nitro groups is 1. The molecule has 2 heterocycles. The molecular weight excluding hydrogens is 410 g/mol. The second-order valence-corrected chi connectivity index (χ2v) is 8.59. The molecule has 0 aliphatic carbocycles. The van der Waals surface area contributed by atoms with Gasteiger partial charge in [-0.05, 0) is 50.5 Å². The monoisotopic (exact) mass is 429 g/mol. The summed E-state index contributed by atoms with van der Waals surface area (Å²) in [6.07, 6.45) is 3.65. The molecule has 2 aromatic carbocycles. The highest BCUT2D eigenvalue weighted by Gasteiger charge is 2.23. The van der Waals surface area contributed by atoms with Crippen LogP contribution < -0.4 is 10.2 Å². The third kappa shape index (κ3) is 3.80. The number of halogens is 1. The smallest absolute Gasteiger partial charge is 0.287 e. The molecule has 1 saturated heterocycles. The van der Waals surface area contributed by atoms with Gasteiger partial charge in [0.15, 0.2) is 0 Å². The Morgan fingerprint density at radius 2 is 2.00 bits per heavy atom. The van der Waals surface area contributed by atoms with E-state index in [0.29, 0.717) is 21.8 Å². The van der Waals surface area contributed by atoms with Crippen LogP contribution in [-0.2, 0) is 0 Å². The molecule has 0 spiro atoms. The standard InChI is InChI=1S/C21H20ClN3O3S/c1-13-5-2-3-12-24(13)15-10-8-14(9-11-15)23-21(26)20-18(22)16-6-4-7-17(25(27)28)19(16)29-20/h4,6-11,13H,2-3,5,12H2,1H3,(H,23,26)/t13-/m0/s1. The molecule has 6 nitrogen and oxygen atoms in total. The van der Waals surface area contributed by atoms with Crippen LogP contribution >= 0.6 is 22.9 Å². The van der Waals surface area contributed by atoms with E-state index >= 15 is 0 Å². The Balaban J connectivity index is 1.56. The molecular formula is C21H20ClN3O3S. The predicted molar refractivity (Wildman–Crippen MR) is 119 cm³/mol. The molecule has 29 heavy (non-hydrogen) atoms. The van der Waals surface area contributed by atoms with Crippen LogP contribution in [0.3, 0.4) is 0 Å². The number of nitrogens with one attached hydrogen (secondary N) is 1. The van der Waals surface area contributed by atoms with Gasteiger partial charge < -0.3 is 10.2 Å². The van der Waals surface area contributed by atoms with Crippen LogP contribution in [0.25, 0.3) is 10.1 Å². The molecule has 3 aromatic rings. The first kappa shape index (κ1) is 19.7. The average Bonchev–Trinajstić information content (AvgIpc) is 3.06. The highest BCUT2D eigenvalue weighted by molar-refractivity contribution is 7.22. The number of nitro benzene ring substituents is 1. The van der Waals surface area contributed by atoms with Gasteiger partial charge >= 0.3 is 0 Å². The Kier molecular flexibility index (Phi) is 5.43. The van der Waals surface area contributed by atoms with E-state index < -0.39 is 4.92 Å². The van der Waals surface area contributed by atoms with Crippen molar-refractivity contribution in [3.63, 3.8) is 0 Å². The van der Waals surface area contributed by atoms with Crippen molar-refractivity contribution in [2.24, 2.45) is 0 Å². The lowest BCUT2D eigenvalue weighted by Crippen LogP contribution is -2.37. The molecule has 1 fully saturated rings. The van der Waals surface area contributed by atoms with Gasteiger partial charge in [-0.15, -0.1) is 11.3 Å². The minimum atomic E-state index is -0.461. The summed E-state index contributed by atoms with van der Waals surface area (Å²) in [7, 11) is 0. The third-order valence-electron chi connectivity index (χ3n) is 5.30. The fourth-order valence-electron chi connectivity index (χ4n) is 3.77. The zero-order valence-electron chi connectivity index (χ0n) is 15.9. The molecule has 1 aliphatic rings. The Bertz CT molecular complexity index is 1080. The Morgan fingerprint density at radius 1 is 1.24 bits per heavy atom. The number of piperidine rings is 1. The van der Waals surface area contributed by atoms with Crippen molar-refractivity contribution in [3.05, 3.63) is 62.5 Å². The van der Waals surface area contributed by atoms with Crippen LogP contribution in [0.4, 0.5) is 17.1 Å². The minimum absolute atomic E-state index is 0.0477. The lowest BCUT2D eigenvalue weighted by molar-refractivity contribution is -0.382. The lowest BCUT2D eigenvalue weighted by atomic mass is 10.0. The summed E-state index contributed by atoms with van der Waals surface area (Å²) < 4.78 is 0.405. The van der Waals surface area contributed by atoms with Crippen LogP contribution in [-0.4, -0.2) is 23.4 Å². The van der Waals surface area contributed by atoms with Crippen molar-refractivity contribution in [2.75, 3.05) is 16.8 Å². The molecule has 1 atom stereocenters. The van der Waals surface area contributed by atoms with E-state index in [-0.39, 0.29) is 21.5 Å². The Morgan fingerprint density at radius 3 is 2.69 bits per heavy atom. The van der Waals surface area contributed by atoms with Crippen molar-refractivity contribution >= 4 is 56.0 Å². The number of carbonyl (C=O) groups is 1. The van der Waals surface area contributed by atoms with Crippen molar-refractivity contribution in [1.29, 1.82) is 0 Å². The quantitative estimate of drug-likeness (QED) is 0.402. The topological polar surface area (TPSA) is 75.5 Å². The first-order valence-electron chi connectivity index (χ1n) is 9.49. The number of carbonyl (C=O) groups excluding carboxylic acids is 1. The van der Waals surface area contributed by atoms with Crippen molar-refractivity contribution in [3.8, 4) is 0 Å². The maximum Gasteiger partial charge on any atom is 0.287 e. The summed E-state index contributed by atoms with van der Waals surface area (Å²) in [5, 5.41) is 14.9. The third-order valence-corrected chi connectivity index (χ3v) is 7.03. The number of benzene rings is 2. The SMILES string of the molecule is C[C@H]1CCCCN1c1ccc(NC(=O)c2sc3c([N+](=O)[O-])cccc3c2Cl)cc1. The number of rotatable bonds is 4. The van der Waals surface area contributed by atoms with E-state index in [1.807, 2.05) is 24.3 Å². The Hall–Kier alpha value is -2.64. The summed E-state index contributed by atoms with van der Waals surface area (Å²) in [5.41, 5.74) is 1.76. The van der Waals surface area contributed by atoms with Gasteiger partial charge in [0.2, 0.25) is 0 Å². The maximum atomic E-state index is 12.8. The average molecular weight is 430 g/mol. The number of thiophene rings is 1. The number of hydrogen-bond donors (Lipinski definition) is 1. The second-order valence-electron chi connectivity index (χ2n) is 7.20. The molecule has 8 heteroatoms. The number of hydrogen-bond acceptors (Lipinski definition) is 5. The number of nitrogens with zero attached hydrogens (tertiary/aromatic N) is 2.